The highest BCUT2D eigenvalue weighted by Gasteiger charge is 2.26. The van der Waals surface area contributed by atoms with Crippen LogP contribution in [0.5, 0.6) is 5.75 Å². The summed E-state index contributed by atoms with van der Waals surface area (Å²) in [6.07, 6.45) is 4.95. The van der Waals surface area contributed by atoms with Gasteiger partial charge in [-0.2, -0.15) is 0 Å². The lowest BCUT2D eigenvalue weighted by Crippen LogP contribution is -2.43. The highest BCUT2D eigenvalue weighted by atomic mass is 16.5. The number of rotatable bonds is 7. The highest BCUT2D eigenvalue weighted by molar-refractivity contribution is 5.81. The predicted octanol–water partition coefficient (Wildman–Crippen LogP) is 5.21. The van der Waals surface area contributed by atoms with E-state index < -0.39 is 6.10 Å². The molecule has 1 amide bonds. The summed E-state index contributed by atoms with van der Waals surface area (Å²) in [6, 6.07) is 16.8. The third kappa shape index (κ3) is 4.95. The molecule has 28 heavy (non-hydrogen) atoms. The minimum absolute atomic E-state index is 0.00342. The average Bonchev–Trinajstić information content (AvgIpc) is 2.68. The Balaban J connectivity index is 1.58. The first-order valence-electron chi connectivity index (χ1n) is 10.5. The van der Waals surface area contributed by atoms with Crippen molar-refractivity contribution in [2.75, 3.05) is 0 Å². The Morgan fingerprint density at radius 2 is 1.75 bits per heavy atom. The van der Waals surface area contributed by atoms with Crippen LogP contribution in [0.25, 0.3) is 0 Å². The van der Waals surface area contributed by atoms with Gasteiger partial charge in [0.15, 0.2) is 6.10 Å². The number of ether oxygens (including phenoxy) is 1. The number of amides is 1. The van der Waals surface area contributed by atoms with E-state index in [0.717, 1.165) is 25.0 Å². The van der Waals surface area contributed by atoms with Gasteiger partial charge in [-0.3, -0.25) is 4.79 Å². The molecule has 0 unspecified atom stereocenters. The molecule has 3 rings (SSSR count). The molecule has 0 radical (unpaired) electrons. The van der Waals surface area contributed by atoms with Gasteiger partial charge in [0.25, 0.3) is 5.91 Å². The largest absolute Gasteiger partial charge is 0.481 e. The lowest BCUT2D eigenvalue weighted by Gasteiger charge is -2.30. The first-order valence-corrected chi connectivity index (χ1v) is 10.5. The van der Waals surface area contributed by atoms with Crippen molar-refractivity contribution in [2.45, 2.75) is 77.4 Å². The summed E-state index contributed by atoms with van der Waals surface area (Å²) in [5.74, 6) is 0.821. The van der Waals surface area contributed by atoms with Gasteiger partial charge < -0.3 is 10.1 Å². The van der Waals surface area contributed by atoms with Crippen LogP contribution in [0.1, 0.15) is 63.6 Å². The molecule has 2 aromatic rings. The smallest absolute Gasteiger partial charge is 0.260 e. The number of benzene rings is 2. The van der Waals surface area contributed by atoms with Gasteiger partial charge in [0.1, 0.15) is 5.75 Å². The van der Waals surface area contributed by atoms with Gasteiger partial charge >= 0.3 is 0 Å². The van der Waals surface area contributed by atoms with Crippen LogP contribution in [0, 0.1) is 0 Å². The fraction of sp³-hybridized carbons (Fsp3) is 0.480. The van der Waals surface area contributed by atoms with Gasteiger partial charge in [0.2, 0.25) is 0 Å². The maximum Gasteiger partial charge on any atom is 0.260 e. The molecule has 2 aromatic carbocycles. The number of carbonyl (C=O) groups is 1. The van der Waals surface area contributed by atoms with Gasteiger partial charge in [-0.1, -0.05) is 56.3 Å². The zero-order chi connectivity index (χ0) is 20.1. The quantitative estimate of drug-likeness (QED) is 0.717. The molecule has 2 atom stereocenters. The summed E-state index contributed by atoms with van der Waals surface area (Å²) < 4.78 is 6.08. The van der Waals surface area contributed by atoms with E-state index >= 15 is 0 Å². The Morgan fingerprint density at radius 3 is 2.50 bits per heavy atom. The second kappa shape index (κ2) is 8.81. The van der Waals surface area contributed by atoms with E-state index in [9.17, 15) is 4.79 Å². The Kier molecular flexibility index (Phi) is 6.43. The molecule has 1 N–H and O–H groups in total. The lowest BCUT2D eigenvalue weighted by molar-refractivity contribution is -0.128. The van der Waals surface area contributed by atoms with Crippen LogP contribution in [0.15, 0.2) is 48.5 Å². The number of hydrogen-bond donors (Lipinski definition) is 1. The van der Waals surface area contributed by atoms with Crippen molar-refractivity contribution in [3.63, 3.8) is 0 Å². The second-order valence-electron chi connectivity index (χ2n) is 8.72. The van der Waals surface area contributed by atoms with Crippen LogP contribution in [0.4, 0.5) is 0 Å². The summed E-state index contributed by atoms with van der Waals surface area (Å²) in [4.78, 5) is 12.7. The van der Waals surface area contributed by atoms with E-state index in [2.05, 4.69) is 56.4 Å². The maximum atomic E-state index is 12.7. The summed E-state index contributed by atoms with van der Waals surface area (Å²) in [7, 11) is 0. The zero-order valence-electron chi connectivity index (χ0n) is 17.6. The molecule has 0 saturated heterocycles. The summed E-state index contributed by atoms with van der Waals surface area (Å²) in [5.41, 5.74) is 3.94. The zero-order valence-corrected chi connectivity index (χ0v) is 17.6. The molecular weight excluding hydrogens is 346 g/mol. The Hall–Kier alpha value is -2.29. The molecule has 1 aliphatic rings. The van der Waals surface area contributed by atoms with Crippen molar-refractivity contribution < 1.29 is 9.53 Å². The van der Waals surface area contributed by atoms with E-state index in [-0.39, 0.29) is 17.4 Å². The fourth-order valence-electron chi connectivity index (χ4n) is 4.28. The van der Waals surface area contributed by atoms with Crippen LogP contribution in [0.3, 0.4) is 0 Å². The molecule has 1 aliphatic carbocycles. The molecule has 3 nitrogen and oxygen atoms in total. The molecular formula is C25H33NO2. The summed E-state index contributed by atoms with van der Waals surface area (Å²) in [5, 5.41) is 3.14. The minimum Gasteiger partial charge on any atom is -0.481 e. The molecule has 150 valence electrons. The lowest BCUT2D eigenvalue weighted by atomic mass is 9.79. The highest BCUT2D eigenvalue weighted by Crippen LogP contribution is 2.30. The van der Waals surface area contributed by atoms with Gasteiger partial charge in [-0.15, -0.1) is 0 Å². The van der Waals surface area contributed by atoms with Gasteiger partial charge in [-0.25, -0.2) is 0 Å². The molecule has 0 bridgehead atoms. The fourth-order valence-corrected chi connectivity index (χ4v) is 4.28. The molecule has 0 fully saturated rings. The van der Waals surface area contributed by atoms with Crippen molar-refractivity contribution >= 4 is 5.91 Å². The SMILES string of the molecule is C[C@H](CC(C)(C)c1ccccc1)NC(=O)[C@@H](C)Oc1cccc2c1CCCC2. The average molecular weight is 380 g/mol. The van der Waals surface area contributed by atoms with Crippen LogP contribution in [-0.4, -0.2) is 18.1 Å². The second-order valence-corrected chi connectivity index (χ2v) is 8.72. The van der Waals surface area contributed by atoms with Gasteiger partial charge in [0, 0.05) is 6.04 Å². The van der Waals surface area contributed by atoms with Crippen LogP contribution >= 0.6 is 0 Å². The summed E-state index contributed by atoms with van der Waals surface area (Å²) >= 11 is 0. The third-order valence-electron chi connectivity index (χ3n) is 5.79. The molecule has 0 aromatic heterocycles. The van der Waals surface area contributed by atoms with Crippen molar-refractivity contribution in [1.29, 1.82) is 0 Å². The van der Waals surface area contributed by atoms with E-state index in [1.165, 1.54) is 29.5 Å². The van der Waals surface area contributed by atoms with E-state index in [1.54, 1.807) is 0 Å². The van der Waals surface area contributed by atoms with Crippen molar-refractivity contribution in [2.24, 2.45) is 0 Å². The number of carbonyl (C=O) groups excluding carboxylic acids is 1. The van der Waals surface area contributed by atoms with Crippen LogP contribution < -0.4 is 10.1 Å². The Labute approximate surface area is 169 Å². The maximum absolute atomic E-state index is 12.7. The monoisotopic (exact) mass is 379 g/mol. The van der Waals surface area contributed by atoms with E-state index in [4.69, 9.17) is 4.74 Å². The van der Waals surface area contributed by atoms with Crippen molar-refractivity contribution in [3.05, 3.63) is 65.2 Å². The first-order chi connectivity index (χ1) is 13.4. The van der Waals surface area contributed by atoms with E-state index in [1.807, 2.05) is 25.1 Å². The van der Waals surface area contributed by atoms with Crippen LogP contribution in [-0.2, 0) is 23.1 Å². The minimum atomic E-state index is -0.504. The van der Waals surface area contributed by atoms with Gasteiger partial charge in [-0.05, 0) is 74.1 Å². The summed E-state index contributed by atoms with van der Waals surface area (Å²) in [6.45, 7) is 8.36. The topological polar surface area (TPSA) is 38.3 Å². The molecule has 0 aliphatic heterocycles. The van der Waals surface area contributed by atoms with Gasteiger partial charge in [0.05, 0.1) is 0 Å². The first kappa shape index (κ1) is 20.4. The molecule has 0 heterocycles. The normalized spacial score (nSPS) is 16.0. The third-order valence-corrected chi connectivity index (χ3v) is 5.79. The standard InChI is InChI=1S/C25H33NO2/c1-18(17-25(3,4)21-13-6-5-7-14-21)26-24(27)19(2)28-23-16-10-12-20-11-8-9-15-22(20)23/h5-7,10,12-14,16,18-19H,8-9,11,15,17H2,1-4H3,(H,26,27)/t18-,19-/m1/s1. The number of fused-ring (bicyclic) bond motifs is 1. The Morgan fingerprint density at radius 1 is 1.04 bits per heavy atom. The number of nitrogens with one attached hydrogen (secondary N) is 1. The predicted molar refractivity (Wildman–Crippen MR) is 115 cm³/mol. The number of aryl methyl sites for hydroxylation is 1. The molecule has 0 saturated carbocycles. The van der Waals surface area contributed by atoms with Crippen LogP contribution in [0.2, 0.25) is 0 Å². The molecule has 3 heteroatoms. The Bertz CT molecular complexity index is 797. The van der Waals surface area contributed by atoms with E-state index in [0.29, 0.717) is 0 Å². The number of hydrogen-bond acceptors (Lipinski definition) is 2. The van der Waals surface area contributed by atoms with Crippen molar-refractivity contribution in [1.82, 2.24) is 5.32 Å². The van der Waals surface area contributed by atoms with Crippen molar-refractivity contribution in [3.8, 4) is 5.75 Å². The molecule has 0 spiro atoms.